The first-order chi connectivity index (χ1) is 7.08. The van der Waals surface area contributed by atoms with E-state index in [9.17, 15) is 9.90 Å². The maximum atomic E-state index is 11.2. The smallest absolute Gasteiger partial charge is 0.315 e. The van der Waals surface area contributed by atoms with Gasteiger partial charge in [0.15, 0.2) is 5.16 Å². The summed E-state index contributed by atoms with van der Waals surface area (Å²) in [7, 11) is 0. The maximum Gasteiger partial charge on any atom is 0.315 e. The zero-order chi connectivity index (χ0) is 11.1. The van der Waals surface area contributed by atoms with E-state index in [1.54, 1.807) is 13.1 Å². The van der Waals surface area contributed by atoms with Crippen molar-refractivity contribution >= 4 is 17.7 Å². The molecular weight excluding hydrogens is 212 g/mol. The average molecular weight is 224 g/mol. The monoisotopic (exact) mass is 224 g/mol. The maximum absolute atomic E-state index is 11.2. The van der Waals surface area contributed by atoms with Crippen LogP contribution in [0.1, 0.15) is 24.6 Å². The molecule has 1 N–H and O–H groups in total. The van der Waals surface area contributed by atoms with Crippen LogP contribution in [0, 0.1) is 0 Å². The lowest BCUT2D eigenvalue weighted by molar-refractivity contribution is -0.143. The summed E-state index contributed by atoms with van der Waals surface area (Å²) in [5.41, 5.74) is 0.829. The SMILES string of the molecule is CSc1ncc2c(n1)C(C)(C(=O)O)CC2. The standard InChI is InChI=1S/C10H12N2O2S/c1-10(8(13)14)4-3-6-5-11-9(15-2)12-7(6)10/h5H,3-4H2,1-2H3,(H,13,14). The molecular formula is C10H12N2O2S. The Bertz CT molecular complexity index is 422. The van der Waals surface area contributed by atoms with Crippen LogP contribution in [0.2, 0.25) is 0 Å². The summed E-state index contributed by atoms with van der Waals surface area (Å²) in [6.45, 7) is 1.73. The van der Waals surface area contributed by atoms with E-state index in [1.807, 2.05) is 6.26 Å². The fourth-order valence-electron chi connectivity index (χ4n) is 1.86. The number of aromatic nitrogens is 2. The molecule has 1 heterocycles. The van der Waals surface area contributed by atoms with E-state index in [1.165, 1.54) is 11.8 Å². The van der Waals surface area contributed by atoms with E-state index in [2.05, 4.69) is 9.97 Å². The second-order valence-corrected chi connectivity index (χ2v) is 4.64. The third-order valence-electron chi connectivity index (χ3n) is 2.91. The zero-order valence-electron chi connectivity index (χ0n) is 8.65. The zero-order valence-corrected chi connectivity index (χ0v) is 9.47. The van der Waals surface area contributed by atoms with Crippen LogP contribution in [0.25, 0.3) is 0 Å². The molecule has 1 aromatic rings. The van der Waals surface area contributed by atoms with Crippen molar-refractivity contribution in [3.8, 4) is 0 Å². The van der Waals surface area contributed by atoms with Crippen LogP contribution in [-0.4, -0.2) is 27.3 Å². The van der Waals surface area contributed by atoms with Crippen LogP contribution in [0.4, 0.5) is 0 Å². The van der Waals surface area contributed by atoms with Crippen LogP contribution in [0.5, 0.6) is 0 Å². The Morgan fingerprint density at radius 2 is 2.40 bits per heavy atom. The number of hydrogen-bond donors (Lipinski definition) is 1. The number of carboxylic acid groups (broad SMARTS) is 1. The predicted molar refractivity (Wildman–Crippen MR) is 57.1 cm³/mol. The van der Waals surface area contributed by atoms with Crippen LogP contribution in [-0.2, 0) is 16.6 Å². The summed E-state index contributed by atoms with van der Waals surface area (Å²) in [5.74, 6) is -0.799. The average Bonchev–Trinajstić information content (AvgIpc) is 2.57. The van der Waals surface area contributed by atoms with Gasteiger partial charge in [0, 0.05) is 6.20 Å². The summed E-state index contributed by atoms with van der Waals surface area (Å²) in [6, 6.07) is 0. The minimum absolute atomic E-state index is 0.615. The number of aryl methyl sites for hydroxylation is 1. The topological polar surface area (TPSA) is 63.1 Å². The summed E-state index contributed by atoms with van der Waals surface area (Å²) in [5, 5.41) is 9.86. The minimum Gasteiger partial charge on any atom is -0.481 e. The molecule has 0 fully saturated rings. The van der Waals surface area contributed by atoms with E-state index >= 15 is 0 Å². The Balaban J connectivity index is 2.53. The lowest BCUT2D eigenvalue weighted by Gasteiger charge is -2.18. The van der Waals surface area contributed by atoms with E-state index in [0.29, 0.717) is 17.3 Å². The van der Waals surface area contributed by atoms with Gasteiger partial charge in [-0.05, 0) is 31.6 Å². The van der Waals surface area contributed by atoms with Crippen molar-refractivity contribution in [2.75, 3.05) is 6.26 Å². The highest BCUT2D eigenvalue weighted by Gasteiger charge is 2.43. The molecule has 1 aromatic heterocycles. The van der Waals surface area contributed by atoms with Crippen molar-refractivity contribution in [2.24, 2.45) is 0 Å². The van der Waals surface area contributed by atoms with Gasteiger partial charge in [-0.2, -0.15) is 0 Å². The highest BCUT2D eigenvalue weighted by molar-refractivity contribution is 7.98. The van der Waals surface area contributed by atoms with Gasteiger partial charge < -0.3 is 5.11 Å². The molecule has 0 spiro atoms. The highest BCUT2D eigenvalue weighted by atomic mass is 32.2. The first-order valence-corrected chi connectivity index (χ1v) is 5.94. The molecule has 1 unspecified atom stereocenters. The Hall–Kier alpha value is -1.10. The van der Waals surface area contributed by atoms with Gasteiger partial charge >= 0.3 is 5.97 Å². The fraction of sp³-hybridized carbons (Fsp3) is 0.500. The van der Waals surface area contributed by atoms with Gasteiger partial charge in [0.05, 0.1) is 5.69 Å². The van der Waals surface area contributed by atoms with Gasteiger partial charge in [-0.25, -0.2) is 9.97 Å². The number of rotatable bonds is 2. The number of fused-ring (bicyclic) bond motifs is 1. The van der Waals surface area contributed by atoms with Crippen molar-refractivity contribution in [3.63, 3.8) is 0 Å². The third kappa shape index (κ3) is 1.51. The highest BCUT2D eigenvalue weighted by Crippen LogP contribution is 2.37. The molecule has 15 heavy (non-hydrogen) atoms. The Morgan fingerprint density at radius 1 is 1.67 bits per heavy atom. The molecule has 0 aromatic carbocycles. The van der Waals surface area contributed by atoms with E-state index in [0.717, 1.165) is 12.0 Å². The number of carbonyl (C=O) groups is 1. The largest absolute Gasteiger partial charge is 0.481 e. The van der Waals surface area contributed by atoms with Crippen LogP contribution >= 0.6 is 11.8 Å². The Kier molecular flexibility index (Phi) is 2.42. The fourth-order valence-corrected chi connectivity index (χ4v) is 2.20. The number of carboxylic acids is 1. The minimum atomic E-state index is -0.831. The first kappa shape index (κ1) is 10.4. The van der Waals surface area contributed by atoms with Crippen molar-refractivity contribution in [1.82, 2.24) is 9.97 Å². The second kappa shape index (κ2) is 3.48. The first-order valence-electron chi connectivity index (χ1n) is 4.71. The number of hydrogen-bond acceptors (Lipinski definition) is 4. The third-order valence-corrected chi connectivity index (χ3v) is 3.48. The second-order valence-electron chi connectivity index (χ2n) is 3.87. The van der Waals surface area contributed by atoms with Gasteiger partial charge in [0.2, 0.25) is 0 Å². The lowest BCUT2D eigenvalue weighted by Crippen LogP contribution is -2.30. The lowest BCUT2D eigenvalue weighted by atomic mass is 9.88. The van der Waals surface area contributed by atoms with E-state index < -0.39 is 11.4 Å². The predicted octanol–water partition coefficient (Wildman–Crippen LogP) is 1.49. The molecule has 2 rings (SSSR count). The summed E-state index contributed by atoms with van der Waals surface area (Å²) in [4.78, 5) is 19.7. The van der Waals surface area contributed by atoms with Gasteiger partial charge in [-0.3, -0.25) is 4.79 Å². The quantitative estimate of drug-likeness (QED) is 0.609. The molecule has 1 atom stereocenters. The van der Waals surface area contributed by atoms with Crippen molar-refractivity contribution in [1.29, 1.82) is 0 Å². The Morgan fingerprint density at radius 3 is 3.00 bits per heavy atom. The van der Waals surface area contributed by atoms with Gasteiger partial charge in [0.1, 0.15) is 5.41 Å². The number of thioether (sulfide) groups is 1. The van der Waals surface area contributed by atoms with Crippen molar-refractivity contribution < 1.29 is 9.90 Å². The Labute approximate surface area is 92.1 Å². The van der Waals surface area contributed by atoms with Crippen LogP contribution in [0.3, 0.4) is 0 Å². The molecule has 5 heteroatoms. The van der Waals surface area contributed by atoms with Gasteiger partial charge in [-0.15, -0.1) is 0 Å². The summed E-state index contributed by atoms with van der Waals surface area (Å²) >= 11 is 1.43. The van der Waals surface area contributed by atoms with Crippen molar-refractivity contribution in [2.45, 2.75) is 30.3 Å². The normalized spacial score (nSPS) is 23.9. The molecule has 80 valence electrons. The number of aliphatic carboxylic acids is 1. The molecule has 4 nitrogen and oxygen atoms in total. The van der Waals surface area contributed by atoms with Crippen molar-refractivity contribution in [3.05, 3.63) is 17.5 Å². The molecule has 0 saturated carbocycles. The molecule has 0 amide bonds. The summed E-state index contributed by atoms with van der Waals surface area (Å²) < 4.78 is 0. The van der Waals surface area contributed by atoms with E-state index in [4.69, 9.17) is 0 Å². The molecule has 0 saturated heterocycles. The number of nitrogens with zero attached hydrogens (tertiary/aromatic N) is 2. The molecule has 1 aliphatic carbocycles. The van der Waals surface area contributed by atoms with Crippen LogP contribution in [0.15, 0.2) is 11.4 Å². The molecule has 1 aliphatic rings. The molecule has 0 bridgehead atoms. The van der Waals surface area contributed by atoms with Crippen LogP contribution < -0.4 is 0 Å². The van der Waals surface area contributed by atoms with E-state index in [-0.39, 0.29) is 0 Å². The van der Waals surface area contributed by atoms with Gasteiger partial charge in [-0.1, -0.05) is 11.8 Å². The summed E-state index contributed by atoms with van der Waals surface area (Å²) in [6.07, 6.45) is 5.01. The molecule has 0 radical (unpaired) electrons. The van der Waals surface area contributed by atoms with Gasteiger partial charge in [0.25, 0.3) is 0 Å². The molecule has 0 aliphatic heterocycles.